The largest absolute Gasteiger partial charge is 0.380 e. The fraction of sp³-hybridized carbons (Fsp3) is 1.00. The molecular weight excluding hydrogens is 282 g/mol. The molecule has 2 atom stereocenters. The highest BCUT2D eigenvalue weighted by Crippen LogP contribution is 2.12. The highest BCUT2D eigenvalue weighted by molar-refractivity contribution is 9.09. The van der Waals surface area contributed by atoms with E-state index in [2.05, 4.69) is 41.6 Å². The number of ether oxygens (including phenoxy) is 2. The first-order valence-corrected chi connectivity index (χ1v) is 7.75. The van der Waals surface area contributed by atoms with Gasteiger partial charge in [-0.3, -0.25) is 4.90 Å². The molecule has 0 bridgehead atoms. The van der Waals surface area contributed by atoms with Crippen molar-refractivity contribution in [3.63, 3.8) is 0 Å². The first kappa shape index (κ1) is 15.4. The van der Waals surface area contributed by atoms with Crippen LogP contribution >= 0.6 is 15.9 Å². The van der Waals surface area contributed by atoms with Gasteiger partial charge in [-0.05, 0) is 19.3 Å². The van der Waals surface area contributed by atoms with E-state index in [0.29, 0.717) is 12.2 Å². The Kier molecular flexibility index (Phi) is 7.67. The molecule has 0 aromatic carbocycles. The molecule has 1 aliphatic heterocycles. The van der Waals surface area contributed by atoms with Crippen molar-refractivity contribution < 1.29 is 9.47 Å². The standard InChI is InChI=1S/C13H26BrNO2/c1-11(2)4-6-16-7-5-15-9-12(3)17-13(8-14)10-15/h11-13H,4-10H2,1-3H3. The summed E-state index contributed by atoms with van der Waals surface area (Å²) >= 11 is 3.49. The van der Waals surface area contributed by atoms with E-state index in [0.717, 1.165) is 50.5 Å². The van der Waals surface area contributed by atoms with Crippen molar-refractivity contribution in [2.45, 2.75) is 39.4 Å². The van der Waals surface area contributed by atoms with Crippen LogP contribution in [0.2, 0.25) is 0 Å². The Bertz CT molecular complexity index is 202. The zero-order chi connectivity index (χ0) is 12.7. The first-order chi connectivity index (χ1) is 8.11. The third-order valence-electron chi connectivity index (χ3n) is 2.97. The molecule has 0 aliphatic carbocycles. The summed E-state index contributed by atoms with van der Waals surface area (Å²) in [5, 5.41) is 0.919. The summed E-state index contributed by atoms with van der Waals surface area (Å²) in [7, 11) is 0. The lowest BCUT2D eigenvalue weighted by Crippen LogP contribution is -2.48. The predicted molar refractivity (Wildman–Crippen MR) is 74.8 cm³/mol. The van der Waals surface area contributed by atoms with Gasteiger partial charge in [0.15, 0.2) is 0 Å². The van der Waals surface area contributed by atoms with Gasteiger partial charge in [-0.1, -0.05) is 29.8 Å². The zero-order valence-corrected chi connectivity index (χ0v) is 12.9. The number of morpholine rings is 1. The third-order valence-corrected chi connectivity index (χ3v) is 3.69. The van der Waals surface area contributed by atoms with E-state index in [-0.39, 0.29) is 0 Å². The van der Waals surface area contributed by atoms with Crippen LogP contribution in [0.15, 0.2) is 0 Å². The molecule has 1 aliphatic rings. The summed E-state index contributed by atoms with van der Waals surface area (Å²) in [5.41, 5.74) is 0. The summed E-state index contributed by atoms with van der Waals surface area (Å²) in [6, 6.07) is 0. The van der Waals surface area contributed by atoms with Gasteiger partial charge >= 0.3 is 0 Å². The molecule has 0 radical (unpaired) electrons. The summed E-state index contributed by atoms with van der Waals surface area (Å²) in [4.78, 5) is 2.44. The minimum Gasteiger partial charge on any atom is -0.380 e. The molecule has 0 aromatic heterocycles. The van der Waals surface area contributed by atoms with Crippen LogP contribution in [0, 0.1) is 5.92 Å². The van der Waals surface area contributed by atoms with Crippen LogP contribution < -0.4 is 0 Å². The predicted octanol–water partition coefficient (Wildman–Crippen LogP) is 2.53. The monoisotopic (exact) mass is 307 g/mol. The van der Waals surface area contributed by atoms with Gasteiger partial charge in [-0.25, -0.2) is 0 Å². The van der Waals surface area contributed by atoms with Gasteiger partial charge in [0, 0.05) is 31.6 Å². The first-order valence-electron chi connectivity index (χ1n) is 6.63. The van der Waals surface area contributed by atoms with E-state index < -0.39 is 0 Å². The second-order valence-corrected chi connectivity index (χ2v) is 5.92. The Morgan fingerprint density at radius 1 is 1.35 bits per heavy atom. The number of nitrogens with zero attached hydrogens (tertiary/aromatic N) is 1. The van der Waals surface area contributed by atoms with E-state index in [9.17, 15) is 0 Å². The molecule has 2 unspecified atom stereocenters. The van der Waals surface area contributed by atoms with Crippen LogP contribution in [0.25, 0.3) is 0 Å². The van der Waals surface area contributed by atoms with E-state index in [1.165, 1.54) is 0 Å². The van der Waals surface area contributed by atoms with E-state index >= 15 is 0 Å². The third kappa shape index (κ3) is 6.75. The number of hydrogen-bond acceptors (Lipinski definition) is 3. The molecule has 17 heavy (non-hydrogen) atoms. The van der Waals surface area contributed by atoms with Gasteiger partial charge in [0.1, 0.15) is 0 Å². The van der Waals surface area contributed by atoms with Gasteiger partial charge in [-0.15, -0.1) is 0 Å². The quantitative estimate of drug-likeness (QED) is 0.533. The SMILES string of the molecule is CC(C)CCOCCN1CC(C)OC(CBr)C1. The molecule has 0 spiro atoms. The van der Waals surface area contributed by atoms with Gasteiger partial charge in [0.25, 0.3) is 0 Å². The highest BCUT2D eigenvalue weighted by Gasteiger charge is 2.23. The second kappa shape index (κ2) is 8.46. The number of halogens is 1. The maximum Gasteiger partial charge on any atom is 0.0802 e. The molecule has 1 saturated heterocycles. The maximum absolute atomic E-state index is 5.80. The average molecular weight is 308 g/mol. The normalized spacial score (nSPS) is 26.6. The number of hydrogen-bond donors (Lipinski definition) is 0. The smallest absolute Gasteiger partial charge is 0.0802 e. The highest BCUT2D eigenvalue weighted by atomic mass is 79.9. The molecule has 1 rings (SSSR count). The van der Waals surface area contributed by atoms with Crippen molar-refractivity contribution in [3.05, 3.63) is 0 Å². The Morgan fingerprint density at radius 3 is 2.76 bits per heavy atom. The van der Waals surface area contributed by atoms with Crippen molar-refractivity contribution in [2.75, 3.05) is 38.2 Å². The van der Waals surface area contributed by atoms with Crippen molar-refractivity contribution in [1.82, 2.24) is 4.90 Å². The molecule has 3 nitrogen and oxygen atoms in total. The van der Waals surface area contributed by atoms with Crippen LogP contribution in [0.1, 0.15) is 27.2 Å². The van der Waals surface area contributed by atoms with Gasteiger partial charge < -0.3 is 9.47 Å². The van der Waals surface area contributed by atoms with E-state index in [1.54, 1.807) is 0 Å². The molecule has 0 N–H and O–H groups in total. The fourth-order valence-electron chi connectivity index (χ4n) is 2.02. The van der Waals surface area contributed by atoms with Crippen LogP contribution in [-0.2, 0) is 9.47 Å². The number of alkyl halides is 1. The Balaban J connectivity index is 2.09. The lowest BCUT2D eigenvalue weighted by Gasteiger charge is -2.36. The van der Waals surface area contributed by atoms with Crippen molar-refractivity contribution in [2.24, 2.45) is 5.92 Å². The molecule has 1 heterocycles. The topological polar surface area (TPSA) is 21.7 Å². The minimum atomic E-state index is 0.328. The Morgan fingerprint density at radius 2 is 2.12 bits per heavy atom. The zero-order valence-electron chi connectivity index (χ0n) is 11.3. The Labute approximate surface area is 114 Å². The molecule has 4 heteroatoms. The lowest BCUT2D eigenvalue weighted by atomic mass is 10.1. The Hall–Kier alpha value is 0.360. The summed E-state index contributed by atoms with van der Waals surface area (Å²) in [6.07, 6.45) is 1.82. The van der Waals surface area contributed by atoms with Crippen LogP contribution in [-0.4, -0.2) is 55.3 Å². The average Bonchev–Trinajstić information content (AvgIpc) is 2.27. The van der Waals surface area contributed by atoms with E-state index in [4.69, 9.17) is 9.47 Å². The summed E-state index contributed by atoms with van der Waals surface area (Å²) in [6.45, 7) is 11.4. The molecule has 0 amide bonds. The van der Waals surface area contributed by atoms with Crippen LogP contribution in [0.3, 0.4) is 0 Å². The molecule has 0 saturated carbocycles. The summed E-state index contributed by atoms with van der Waals surface area (Å²) < 4.78 is 11.5. The second-order valence-electron chi connectivity index (χ2n) is 5.28. The van der Waals surface area contributed by atoms with Crippen LogP contribution in [0.4, 0.5) is 0 Å². The molecule has 0 aromatic rings. The molecule has 102 valence electrons. The minimum absolute atomic E-state index is 0.328. The van der Waals surface area contributed by atoms with Crippen LogP contribution in [0.5, 0.6) is 0 Å². The fourth-order valence-corrected chi connectivity index (χ4v) is 2.38. The maximum atomic E-state index is 5.80. The van der Waals surface area contributed by atoms with E-state index in [1.807, 2.05) is 0 Å². The van der Waals surface area contributed by atoms with Crippen molar-refractivity contribution in [3.8, 4) is 0 Å². The van der Waals surface area contributed by atoms with Crippen molar-refractivity contribution in [1.29, 1.82) is 0 Å². The number of rotatable bonds is 7. The van der Waals surface area contributed by atoms with Gasteiger partial charge in [-0.2, -0.15) is 0 Å². The summed E-state index contributed by atoms with van der Waals surface area (Å²) in [5.74, 6) is 0.733. The lowest BCUT2D eigenvalue weighted by molar-refractivity contribution is -0.0705. The molecule has 1 fully saturated rings. The van der Waals surface area contributed by atoms with Gasteiger partial charge in [0.2, 0.25) is 0 Å². The molecular formula is C13H26BrNO2. The van der Waals surface area contributed by atoms with Gasteiger partial charge in [0.05, 0.1) is 18.8 Å². The van der Waals surface area contributed by atoms with Crippen molar-refractivity contribution >= 4 is 15.9 Å².